The number of carbonyl (C=O) groups is 1. The third-order valence-electron chi connectivity index (χ3n) is 7.52. The van der Waals surface area contributed by atoms with Crippen LogP contribution in [0.3, 0.4) is 0 Å². The molecule has 5 aromatic rings. The Kier molecular flexibility index (Phi) is 7.39. The number of likely N-dealkylation sites (tertiary alicyclic amines) is 1. The number of carbonyl (C=O) groups excluding carboxylic acids is 1. The summed E-state index contributed by atoms with van der Waals surface area (Å²) in [6.45, 7) is 3.99. The molecular weight excluding hydrogens is 498 g/mol. The third-order valence-corrected chi connectivity index (χ3v) is 7.52. The number of anilines is 1. The van der Waals surface area contributed by atoms with Crippen LogP contribution in [-0.4, -0.2) is 43.6 Å². The normalized spacial score (nSPS) is 15.3. The van der Waals surface area contributed by atoms with Crippen molar-refractivity contribution in [3.63, 3.8) is 0 Å². The highest BCUT2D eigenvalue weighted by Crippen LogP contribution is 2.30. The summed E-state index contributed by atoms with van der Waals surface area (Å²) in [6.07, 6.45) is 7.37. The van der Waals surface area contributed by atoms with Gasteiger partial charge in [0.1, 0.15) is 5.82 Å². The van der Waals surface area contributed by atoms with E-state index in [0.717, 1.165) is 58.8 Å². The molecule has 2 N–H and O–H groups in total. The quantitative estimate of drug-likeness (QED) is 0.280. The van der Waals surface area contributed by atoms with Crippen molar-refractivity contribution in [1.82, 2.24) is 29.8 Å². The van der Waals surface area contributed by atoms with E-state index in [4.69, 9.17) is 4.98 Å². The van der Waals surface area contributed by atoms with Crippen molar-refractivity contribution in [2.75, 3.05) is 18.4 Å². The second kappa shape index (κ2) is 11.6. The fourth-order valence-electron chi connectivity index (χ4n) is 5.39. The summed E-state index contributed by atoms with van der Waals surface area (Å²) in [4.78, 5) is 24.8. The van der Waals surface area contributed by atoms with Crippen molar-refractivity contribution in [2.45, 2.75) is 38.3 Å². The van der Waals surface area contributed by atoms with E-state index in [2.05, 4.69) is 51.0 Å². The van der Waals surface area contributed by atoms with Gasteiger partial charge in [0.05, 0.1) is 17.9 Å². The SMILES string of the molecule is Cc1cnn2c(NCc3cccnc3)cc(C3CCCN(C(=O)NC(c4ccccc4)c4ccccc4)C3)nc12. The molecular formula is C32H33N7O. The molecule has 202 valence electrons. The predicted octanol–water partition coefficient (Wildman–Crippen LogP) is 5.72. The number of urea groups is 1. The van der Waals surface area contributed by atoms with Crippen LogP contribution in [0.25, 0.3) is 5.65 Å². The van der Waals surface area contributed by atoms with Crippen LogP contribution in [0.1, 0.15) is 52.7 Å². The molecule has 0 spiro atoms. The maximum atomic E-state index is 13.6. The lowest BCUT2D eigenvalue weighted by Crippen LogP contribution is -2.46. The van der Waals surface area contributed by atoms with Crippen LogP contribution in [0.5, 0.6) is 0 Å². The Morgan fingerprint density at radius 3 is 2.45 bits per heavy atom. The molecule has 2 aromatic carbocycles. The Balaban J connectivity index is 1.22. The van der Waals surface area contributed by atoms with Crippen LogP contribution >= 0.6 is 0 Å². The molecule has 8 heteroatoms. The first-order valence-corrected chi connectivity index (χ1v) is 13.8. The van der Waals surface area contributed by atoms with Crippen LogP contribution in [0.2, 0.25) is 0 Å². The van der Waals surface area contributed by atoms with Gasteiger partial charge in [0.2, 0.25) is 0 Å². The highest BCUT2D eigenvalue weighted by Gasteiger charge is 2.28. The summed E-state index contributed by atoms with van der Waals surface area (Å²) in [5.41, 5.74) is 6.03. The molecule has 1 atom stereocenters. The topological polar surface area (TPSA) is 87.5 Å². The Labute approximate surface area is 234 Å². The number of rotatable bonds is 7. The van der Waals surface area contributed by atoms with Crippen molar-refractivity contribution < 1.29 is 4.79 Å². The van der Waals surface area contributed by atoms with Crippen molar-refractivity contribution in [3.8, 4) is 0 Å². The van der Waals surface area contributed by atoms with Crippen LogP contribution in [0, 0.1) is 6.92 Å². The van der Waals surface area contributed by atoms with Gasteiger partial charge in [-0.25, -0.2) is 9.78 Å². The van der Waals surface area contributed by atoms with Crippen molar-refractivity contribution in [2.24, 2.45) is 0 Å². The largest absolute Gasteiger partial charge is 0.366 e. The molecule has 0 radical (unpaired) electrons. The number of amides is 2. The molecule has 1 aliphatic heterocycles. The first-order valence-electron chi connectivity index (χ1n) is 13.8. The van der Waals surface area contributed by atoms with Gasteiger partial charge in [-0.15, -0.1) is 0 Å². The van der Waals surface area contributed by atoms with E-state index in [1.165, 1.54) is 0 Å². The lowest BCUT2D eigenvalue weighted by atomic mass is 9.94. The Bertz CT molecular complexity index is 1530. The Morgan fingerprint density at radius 2 is 1.75 bits per heavy atom. The molecule has 2 amide bonds. The maximum Gasteiger partial charge on any atom is 0.318 e. The number of hydrogen-bond donors (Lipinski definition) is 2. The number of aryl methyl sites for hydroxylation is 1. The van der Waals surface area contributed by atoms with E-state index >= 15 is 0 Å². The van der Waals surface area contributed by atoms with Gasteiger partial charge < -0.3 is 15.5 Å². The van der Waals surface area contributed by atoms with Gasteiger partial charge in [-0.3, -0.25) is 4.98 Å². The zero-order valence-corrected chi connectivity index (χ0v) is 22.6. The molecule has 1 aliphatic rings. The lowest BCUT2D eigenvalue weighted by molar-refractivity contribution is 0.177. The van der Waals surface area contributed by atoms with Crippen LogP contribution in [0.15, 0.2) is 97.5 Å². The molecule has 0 bridgehead atoms. The number of piperidine rings is 1. The molecule has 1 saturated heterocycles. The average Bonchev–Trinajstić information content (AvgIpc) is 3.40. The number of nitrogens with zero attached hydrogens (tertiary/aromatic N) is 5. The lowest BCUT2D eigenvalue weighted by Gasteiger charge is -2.34. The molecule has 0 aliphatic carbocycles. The fraction of sp³-hybridized carbons (Fsp3) is 0.250. The fourth-order valence-corrected chi connectivity index (χ4v) is 5.39. The van der Waals surface area contributed by atoms with E-state index in [1.807, 2.05) is 77.3 Å². The number of benzene rings is 2. The van der Waals surface area contributed by atoms with Gasteiger partial charge >= 0.3 is 6.03 Å². The molecule has 1 fully saturated rings. The van der Waals surface area contributed by atoms with Crippen LogP contribution in [0.4, 0.5) is 10.6 Å². The zero-order valence-electron chi connectivity index (χ0n) is 22.6. The molecule has 1 unspecified atom stereocenters. The first-order chi connectivity index (χ1) is 19.7. The van der Waals surface area contributed by atoms with Gasteiger partial charge in [0.15, 0.2) is 5.65 Å². The van der Waals surface area contributed by atoms with Gasteiger partial charge in [-0.2, -0.15) is 9.61 Å². The summed E-state index contributed by atoms with van der Waals surface area (Å²) < 4.78 is 1.85. The average molecular weight is 532 g/mol. The smallest absolute Gasteiger partial charge is 0.318 e. The Morgan fingerprint density at radius 1 is 1.00 bits per heavy atom. The van der Waals surface area contributed by atoms with Crippen LogP contribution in [-0.2, 0) is 6.54 Å². The second-order valence-electron chi connectivity index (χ2n) is 10.3. The van der Waals surface area contributed by atoms with Gasteiger partial charge in [0.25, 0.3) is 0 Å². The monoisotopic (exact) mass is 531 g/mol. The van der Waals surface area contributed by atoms with Crippen molar-refractivity contribution >= 4 is 17.5 Å². The van der Waals surface area contributed by atoms with Crippen molar-refractivity contribution in [3.05, 3.63) is 125 Å². The zero-order chi connectivity index (χ0) is 27.3. The molecule has 4 heterocycles. The van der Waals surface area contributed by atoms with E-state index < -0.39 is 0 Å². The van der Waals surface area contributed by atoms with Gasteiger partial charge in [-0.05, 0) is 42.5 Å². The first kappa shape index (κ1) is 25.6. The summed E-state index contributed by atoms with van der Waals surface area (Å²) in [6, 6.07) is 26.0. The molecule has 3 aromatic heterocycles. The number of aromatic nitrogens is 4. The Hall–Kier alpha value is -4.72. The second-order valence-corrected chi connectivity index (χ2v) is 10.3. The van der Waals surface area contributed by atoms with Gasteiger partial charge in [0, 0.05) is 49.6 Å². The van der Waals surface area contributed by atoms with E-state index in [1.54, 1.807) is 6.20 Å². The number of pyridine rings is 1. The highest BCUT2D eigenvalue weighted by molar-refractivity contribution is 5.75. The minimum absolute atomic E-state index is 0.0565. The minimum atomic E-state index is -0.220. The van der Waals surface area contributed by atoms with Gasteiger partial charge in [-0.1, -0.05) is 66.7 Å². The number of fused-ring (bicyclic) bond motifs is 1. The molecule has 6 rings (SSSR count). The number of hydrogen-bond acceptors (Lipinski definition) is 5. The summed E-state index contributed by atoms with van der Waals surface area (Å²) in [5.74, 6) is 1.01. The van der Waals surface area contributed by atoms with Crippen LogP contribution < -0.4 is 10.6 Å². The number of nitrogens with one attached hydrogen (secondary N) is 2. The van der Waals surface area contributed by atoms with E-state index in [0.29, 0.717) is 13.1 Å². The summed E-state index contributed by atoms with van der Waals surface area (Å²) in [5, 5.41) is 11.4. The predicted molar refractivity (Wildman–Crippen MR) is 156 cm³/mol. The molecule has 40 heavy (non-hydrogen) atoms. The third kappa shape index (κ3) is 5.52. The molecule has 8 nitrogen and oxygen atoms in total. The standard InChI is InChI=1S/C32H33N7O/c1-23-19-35-39-29(34-21-24-10-8-16-33-20-24)18-28(36-31(23)39)27-15-9-17-38(22-27)32(40)37-30(25-11-4-2-5-12-25)26-13-6-3-7-14-26/h2-8,10-14,16,18-20,27,30,34H,9,15,17,21-22H2,1H3,(H,37,40). The van der Waals surface area contributed by atoms with Crippen molar-refractivity contribution in [1.29, 1.82) is 0 Å². The maximum absolute atomic E-state index is 13.6. The summed E-state index contributed by atoms with van der Waals surface area (Å²) in [7, 11) is 0. The minimum Gasteiger partial charge on any atom is -0.366 e. The highest BCUT2D eigenvalue weighted by atomic mass is 16.2. The molecule has 0 saturated carbocycles. The van der Waals surface area contributed by atoms with E-state index in [-0.39, 0.29) is 18.0 Å². The summed E-state index contributed by atoms with van der Waals surface area (Å²) >= 11 is 0. The van der Waals surface area contributed by atoms with E-state index in [9.17, 15) is 4.79 Å².